The van der Waals surface area contributed by atoms with Crippen LogP contribution in [0.3, 0.4) is 0 Å². The van der Waals surface area contributed by atoms with E-state index in [1.54, 1.807) is 6.07 Å². The number of rotatable bonds is 3. The maximum atomic E-state index is 5.97. The molecular weight excluding hydrogens is 246 g/mol. The minimum absolute atomic E-state index is 0.145. The van der Waals surface area contributed by atoms with Crippen LogP contribution in [0.15, 0.2) is 42.5 Å². The first kappa shape index (κ1) is 12.6. The van der Waals surface area contributed by atoms with E-state index in [1.165, 1.54) is 0 Å². The standard InChI is InChI=1S/C14H16ClN3/c1-9(10-3-2-4-11(15)7-10)18-12-5-6-13(16)14(17)8-12/h2-9,18H,16-17H2,1H3. The summed E-state index contributed by atoms with van der Waals surface area (Å²) in [5.41, 5.74) is 14.7. The minimum atomic E-state index is 0.145. The van der Waals surface area contributed by atoms with Gasteiger partial charge in [-0.15, -0.1) is 0 Å². The van der Waals surface area contributed by atoms with Crippen molar-refractivity contribution in [2.75, 3.05) is 16.8 Å². The van der Waals surface area contributed by atoms with Crippen molar-refractivity contribution in [1.29, 1.82) is 0 Å². The second-order valence-electron chi connectivity index (χ2n) is 4.26. The monoisotopic (exact) mass is 261 g/mol. The van der Waals surface area contributed by atoms with Crippen LogP contribution >= 0.6 is 11.6 Å². The fourth-order valence-electron chi connectivity index (χ4n) is 1.77. The quantitative estimate of drug-likeness (QED) is 0.739. The Bertz CT molecular complexity index is 554. The zero-order chi connectivity index (χ0) is 13.1. The van der Waals surface area contributed by atoms with Crippen molar-refractivity contribution in [2.45, 2.75) is 13.0 Å². The summed E-state index contributed by atoms with van der Waals surface area (Å²) in [6.07, 6.45) is 0. The summed E-state index contributed by atoms with van der Waals surface area (Å²) in [6.45, 7) is 2.07. The van der Waals surface area contributed by atoms with E-state index in [-0.39, 0.29) is 6.04 Å². The van der Waals surface area contributed by atoms with Gasteiger partial charge in [0.05, 0.1) is 11.4 Å². The van der Waals surface area contributed by atoms with Gasteiger partial charge in [0.1, 0.15) is 0 Å². The topological polar surface area (TPSA) is 64.1 Å². The molecule has 1 unspecified atom stereocenters. The highest BCUT2D eigenvalue weighted by atomic mass is 35.5. The fourth-order valence-corrected chi connectivity index (χ4v) is 1.97. The van der Waals surface area contributed by atoms with E-state index in [0.29, 0.717) is 11.4 Å². The molecule has 0 aromatic heterocycles. The largest absolute Gasteiger partial charge is 0.397 e. The summed E-state index contributed by atoms with van der Waals surface area (Å²) in [7, 11) is 0. The average molecular weight is 262 g/mol. The smallest absolute Gasteiger partial charge is 0.0568 e. The fraction of sp³-hybridized carbons (Fsp3) is 0.143. The van der Waals surface area contributed by atoms with Crippen LogP contribution < -0.4 is 16.8 Å². The van der Waals surface area contributed by atoms with Crippen molar-refractivity contribution < 1.29 is 0 Å². The number of nitrogens with two attached hydrogens (primary N) is 2. The Hall–Kier alpha value is -1.87. The van der Waals surface area contributed by atoms with Crippen LogP contribution in [0.4, 0.5) is 17.1 Å². The van der Waals surface area contributed by atoms with Crippen molar-refractivity contribution in [1.82, 2.24) is 0 Å². The molecule has 94 valence electrons. The van der Waals surface area contributed by atoms with Crippen LogP contribution in [0.25, 0.3) is 0 Å². The first-order chi connectivity index (χ1) is 8.56. The molecule has 0 heterocycles. The van der Waals surface area contributed by atoms with Crippen LogP contribution in [-0.4, -0.2) is 0 Å². The first-order valence-corrected chi connectivity index (χ1v) is 6.11. The maximum absolute atomic E-state index is 5.97. The normalized spacial score (nSPS) is 12.1. The molecule has 0 saturated carbocycles. The number of anilines is 3. The Morgan fingerprint density at radius 2 is 1.83 bits per heavy atom. The molecule has 2 rings (SSSR count). The van der Waals surface area contributed by atoms with Crippen molar-refractivity contribution in [2.24, 2.45) is 0 Å². The third-order valence-corrected chi connectivity index (χ3v) is 3.05. The molecule has 2 aromatic carbocycles. The van der Waals surface area contributed by atoms with Crippen molar-refractivity contribution in [3.05, 3.63) is 53.1 Å². The Morgan fingerprint density at radius 3 is 2.50 bits per heavy atom. The van der Waals surface area contributed by atoms with Crippen LogP contribution in [0.5, 0.6) is 0 Å². The average Bonchev–Trinajstić information content (AvgIpc) is 2.34. The molecule has 0 fully saturated rings. The molecular formula is C14H16ClN3. The number of hydrogen-bond donors (Lipinski definition) is 3. The summed E-state index contributed by atoms with van der Waals surface area (Å²) >= 11 is 5.97. The highest BCUT2D eigenvalue weighted by molar-refractivity contribution is 6.30. The molecule has 18 heavy (non-hydrogen) atoms. The summed E-state index contributed by atoms with van der Waals surface area (Å²) in [5, 5.41) is 4.09. The highest BCUT2D eigenvalue weighted by Crippen LogP contribution is 2.25. The van der Waals surface area contributed by atoms with E-state index >= 15 is 0 Å². The van der Waals surface area contributed by atoms with Crippen LogP contribution in [0.1, 0.15) is 18.5 Å². The summed E-state index contributed by atoms with van der Waals surface area (Å²) < 4.78 is 0. The lowest BCUT2D eigenvalue weighted by Crippen LogP contribution is -2.07. The molecule has 2 aromatic rings. The molecule has 0 bridgehead atoms. The van der Waals surface area contributed by atoms with Gasteiger partial charge in [0, 0.05) is 16.8 Å². The highest BCUT2D eigenvalue weighted by Gasteiger charge is 2.06. The number of hydrogen-bond acceptors (Lipinski definition) is 3. The second-order valence-corrected chi connectivity index (χ2v) is 4.70. The third kappa shape index (κ3) is 2.87. The molecule has 0 aliphatic rings. The van der Waals surface area contributed by atoms with E-state index in [0.717, 1.165) is 16.3 Å². The van der Waals surface area contributed by atoms with Crippen LogP contribution in [0.2, 0.25) is 5.02 Å². The van der Waals surface area contributed by atoms with Gasteiger partial charge in [-0.2, -0.15) is 0 Å². The molecule has 0 aliphatic carbocycles. The van der Waals surface area contributed by atoms with Gasteiger partial charge >= 0.3 is 0 Å². The lowest BCUT2D eigenvalue weighted by molar-refractivity contribution is 0.885. The molecule has 0 amide bonds. The van der Waals surface area contributed by atoms with Crippen molar-refractivity contribution in [3.8, 4) is 0 Å². The van der Waals surface area contributed by atoms with E-state index in [2.05, 4.69) is 12.2 Å². The predicted octanol–water partition coefficient (Wildman–Crippen LogP) is 3.68. The lowest BCUT2D eigenvalue weighted by atomic mass is 10.1. The Balaban J connectivity index is 2.16. The number of nitrogen functional groups attached to an aromatic ring is 2. The van der Waals surface area contributed by atoms with Gasteiger partial charge < -0.3 is 16.8 Å². The van der Waals surface area contributed by atoms with Crippen molar-refractivity contribution >= 4 is 28.7 Å². The Kier molecular flexibility index (Phi) is 3.63. The Labute approximate surface area is 112 Å². The summed E-state index contributed by atoms with van der Waals surface area (Å²) in [5.74, 6) is 0. The van der Waals surface area contributed by atoms with Gasteiger partial charge in [0.25, 0.3) is 0 Å². The molecule has 4 heteroatoms. The molecule has 0 aliphatic heterocycles. The molecule has 5 N–H and O–H groups in total. The molecule has 1 atom stereocenters. The second kappa shape index (κ2) is 5.19. The van der Waals surface area contributed by atoms with Gasteiger partial charge in [0.15, 0.2) is 0 Å². The summed E-state index contributed by atoms with van der Waals surface area (Å²) in [4.78, 5) is 0. The van der Waals surface area contributed by atoms with Crippen molar-refractivity contribution in [3.63, 3.8) is 0 Å². The maximum Gasteiger partial charge on any atom is 0.0568 e. The van der Waals surface area contributed by atoms with Crippen LogP contribution in [0, 0.1) is 0 Å². The van der Waals surface area contributed by atoms with Gasteiger partial charge in [-0.05, 0) is 42.8 Å². The van der Waals surface area contributed by atoms with Gasteiger partial charge in [-0.3, -0.25) is 0 Å². The van der Waals surface area contributed by atoms with E-state index in [9.17, 15) is 0 Å². The third-order valence-electron chi connectivity index (χ3n) is 2.82. The predicted molar refractivity (Wildman–Crippen MR) is 78.8 cm³/mol. The van der Waals surface area contributed by atoms with Crippen LogP contribution in [-0.2, 0) is 0 Å². The Morgan fingerprint density at radius 1 is 1.06 bits per heavy atom. The van der Waals surface area contributed by atoms with E-state index in [1.807, 2.05) is 36.4 Å². The number of benzene rings is 2. The van der Waals surface area contributed by atoms with E-state index in [4.69, 9.17) is 23.1 Å². The first-order valence-electron chi connectivity index (χ1n) is 5.73. The lowest BCUT2D eigenvalue weighted by Gasteiger charge is -2.16. The van der Waals surface area contributed by atoms with E-state index < -0.39 is 0 Å². The zero-order valence-corrected chi connectivity index (χ0v) is 10.9. The zero-order valence-electron chi connectivity index (χ0n) is 10.2. The molecule has 0 saturated heterocycles. The molecule has 3 nitrogen and oxygen atoms in total. The number of nitrogens with one attached hydrogen (secondary N) is 1. The SMILES string of the molecule is CC(Nc1ccc(N)c(N)c1)c1cccc(Cl)c1. The van der Waals surface area contributed by atoms with Gasteiger partial charge in [-0.1, -0.05) is 23.7 Å². The summed E-state index contributed by atoms with van der Waals surface area (Å²) in [6, 6.07) is 13.5. The van der Waals surface area contributed by atoms with Gasteiger partial charge in [0.2, 0.25) is 0 Å². The molecule has 0 radical (unpaired) electrons. The van der Waals surface area contributed by atoms with Gasteiger partial charge in [-0.25, -0.2) is 0 Å². The number of halogens is 1. The molecule has 0 spiro atoms. The minimum Gasteiger partial charge on any atom is -0.397 e.